The van der Waals surface area contributed by atoms with Crippen LogP contribution in [0.1, 0.15) is 46.5 Å². The smallest absolute Gasteiger partial charge is 0.0294 e. The van der Waals surface area contributed by atoms with E-state index in [0.29, 0.717) is 0 Å². The molecule has 1 heteroatoms. The molecule has 1 aliphatic heterocycles. The Morgan fingerprint density at radius 2 is 1.60 bits per heavy atom. The largest absolute Gasteiger partial charge is 0.375 e. The standard InChI is InChI=1S/C14H25N/c1-6-14(7-2,12(3)4)13(5)15-10-8-9-11-15/h3,5-11H2,1-2,4H3. The summed E-state index contributed by atoms with van der Waals surface area (Å²) in [5.74, 6) is 0. The van der Waals surface area contributed by atoms with Gasteiger partial charge in [0.1, 0.15) is 0 Å². The Kier molecular flexibility index (Phi) is 4.01. The van der Waals surface area contributed by atoms with E-state index in [-0.39, 0.29) is 5.41 Å². The van der Waals surface area contributed by atoms with Crippen molar-refractivity contribution < 1.29 is 0 Å². The zero-order chi connectivity index (χ0) is 11.5. The van der Waals surface area contributed by atoms with Gasteiger partial charge in [-0.05, 0) is 32.6 Å². The lowest BCUT2D eigenvalue weighted by Gasteiger charge is -2.39. The van der Waals surface area contributed by atoms with E-state index in [0.717, 1.165) is 12.8 Å². The van der Waals surface area contributed by atoms with Crippen molar-refractivity contribution in [2.24, 2.45) is 5.41 Å². The predicted molar refractivity (Wildman–Crippen MR) is 67.8 cm³/mol. The Hall–Kier alpha value is -0.720. The van der Waals surface area contributed by atoms with Gasteiger partial charge in [-0.25, -0.2) is 0 Å². The van der Waals surface area contributed by atoms with Crippen LogP contribution in [0.25, 0.3) is 0 Å². The lowest BCUT2D eigenvalue weighted by Crippen LogP contribution is -2.33. The third-order valence-electron chi connectivity index (χ3n) is 4.06. The molecule has 15 heavy (non-hydrogen) atoms. The van der Waals surface area contributed by atoms with Crippen LogP contribution in [0.2, 0.25) is 0 Å². The monoisotopic (exact) mass is 207 g/mol. The van der Waals surface area contributed by atoms with Crippen LogP contribution in [0.3, 0.4) is 0 Å². The first-order valence-corrected chi connectivity index (χ1v) is 6.18. The van der Waals surface area contributed by atoms with Gasteiger partial charge in [-0.3, -0.25) is 0 Å². The summed E-state index contributed by atoms with van der Waals surface area (Å²) in [6.07, 6.45) is 4.87. The van der Waals surface area contributed by atoms with Crippen molar-refractivity contribution in [2.75, 3.05) is 13.1 Å². The third kappa shape index (κ3) is 2.11. The van der Waals surface area contributed by atoms with Crippen LogP contribution in [0, 0.1) is 5.41 Å². The lowest BCUT2D eigenvalue weighted by molar-refractivity contribution is 0.276. The molecule has 0 amide bonds. The van der Waals surface area contributed by atoms with Gasteiger partial charge in [-0.2, -0.15) is 0 Å². The summed E-state index contributed by atoms with van der Waals surface area (Å²) in [7, 11) is 0. The van der Waals surface area contributed by atoms with E-state index < -0.39 is 0 Å². The van der Waals surface area contributed by atoms with E-state index in [1.807, 2.05) is 0 Å². The van der Waals surface area contributed by atoms with Crippen LogP contribution in [0.4, 0.5) is 0 Å². The molecule has 1 nitrogen and oxygen atoms in total. The highest BCUT2D eigenvalue weighted by Gasteiger charge is 2.34. The van der Waals surface area contributed by atoms with E-state index in [2.05, 4.69) is 38.8 Å². The molecular weight excluding hydrogens is 182 g/mol. The fourth-order valence-electron chi connectivity index (χ4n) is 2.80. The molecule has 0 aromatic rings. The highest BCUT2D eigenvalue weighted by atomic mass is 15.2. The Labute approximate surface area is 94.9 Å². The zero-order valence-corrected chi connectivity index (χ0v) is 10.6. The van der Waals surface area contributed by atoms with Gasteiger partial charge < -0.3 is 4.90 Å². The van der Waals surface area contributed by atoms with Crippen molar-refractivity contribution in [3.63, 3.8) is 0 Å². The highest BCUT2D eigenvalue weighted by molar-refractivity contribution is 5.24. The fourth-order valence-corrected chi connectivity index (χ4v) is 2.80. The molecular formula is C14H25N. The topological polar surface area (TPSA) is 3.24 Å². The van der Waals surface area contributed by atoms with Crippen LogP contribution in [-0.4, -0.2) is 18.0 Å². The summed E-state index contributed by atoms with van der Waals surface area (Å²) < 4.78 is 0. The number of allylic oxidation sites excluding steroid dienone is 1. The van der Waals surface area contributed by atoms with Crippen molar-refractivity contribution in [1.82, 2.24) is 4.90 Å². The molecule has 1 aliphatic rings. The van der Waals surface area contributed by atoms with E-state index in [4.69, 9.17) is 0 Å². The minimum absolute atomic E-state index is 0.143. The van der Waals surface area contributed by atoms with Crippen LogP contribution >= 0.6 is 0 Å². The molecule has 0 unspecified atom stereocenters. The van der Waals surface area contributed by atoms with Crippen molar-refractivity contribution in [3.05, 3.63) is 24.4 Å². The molecule has 0 atom stereocenters. The Morgan fingerprint density at radius 1 is 1.13 bits per heavy atom. The molecule has 0 bridgehead atoms. The Morgan fingerprint density at radius 3 is 1.93 bits per heavy atom. The van der Waals surface area contributed by atoms with Gasteiger partial charge in [0.15, 0.2) is 0 Å². The number of hydrogen-bond donors (Lipinski definition) is 0. The second-order valence-corrected chi connectivity index (χ2v) is 4.71. The van der Waals surface area contributed by atoms with E-state index in [9.17, 15) is 0 Å². The van der Waals surface area contributed by atoms with E-state index in [1.54, 1.807) is 0 Å². The van der Waals surface area contributed by atoms with Crippen molar-refractivity contribution >= 4 is 0 Å². The van der Waals surface area contributed by atoms with Crippen LogP contribution in [-0.2, 0) is 0 Å². The third-order valence-corrected chi connectivity index (χ3v) is 4.06. The maximum absolute atomic E-state index is 4.34. The number of nitrogens with zero attached hydrogens (tertiary/aromatic N) is 1. The SMILES string of the molecule is C=C(C)C(CC)(CC)C(=C)N1CCCC1. The normalized spacial score (nSPS) is 16.9. The molecule has 0 N–H and O–H groups in total. The first kappa shape index (κ1) is 12.4. The van der Waals surface area contributed by atoms with Crippen LogP contribution in [0.5, 0.6) is 0 Å². The number of likely N-dealkylation sites (tertiary alicyclic amines) is 1. The first-order chi connectivity index (χ1) is 7.08. The minimum Gasteiger partial charge on any atom is -0.375 e. The molecule has 1 heterocycles. The summed E-state index contributed by atoms with van der Waals surface area (Å²) in [5, 5.41) is 0. The molecule has 86 valence electrons. The second kappa shape index (κ2) is 4.87. The maximum Gasteiger partial charge on any atom is 0.0294 e. The molecule has 1 saturated heterocycles. The van der Waals surface area contributed by atoms with Crippen LogP contribution < -0.4 is 0 Å². The van der Waals surface area contributed by atoms with Gasteiger partial charge in [-0.15, -0.1) is 0 Å². The van der Waals surface area contributed by atoms with Gasteiger partial charge in [0.25, 0.3) is 0 Å². The average molecular weight is 207 g/mol. The number of hydrogen-bond acceptors (Lipinski definition) is 1. The summed E-state index contributed by atoms with van der Waals surface area (Å²) in [5.41, 5.74) is 2.71. The molecule has 0 aliphatic carbocycles. The Balaban J connectivity index is 2.87. The first-order valence-electron chi connectivity index (χ1n) is 6.18. The maximum atomic E-state index is 4.34. The van der Waals surface area contributed by atoms with Gasteiger partial charge in [0, 0.05) is 24.2 Å². The van der Waals surface area contributed by atoms with Gasteiger partial charge >= 0.3 is 0 Å². The molecule has 0 aromatic carbocycles. The van der Waals surface area contributed by atoms with Gasteiger partial charge in [0.05, 0.1) is 0 Å². The summed E-state index contributed by atoms with van der Waals surface area (Å²) >= 11 is 0. The molecule has 1 rings (SSSR count). The van der Waals surface area contributed by atoms with Crippen molar-refractivity contribution in [2.45, 2.75) is 46.5 Å². The molecule has 0 aromatic heterocycles. The molecule has 1 fully saturated rings. The van der Waals surface area contributed by atoms with Gasteiger partial charge in [0.2, 0.25) is 0 Å². The van der Waals surface area contributed by atoms with Gasteiger partial charge in [-0.1, -0.05) is 32.6 Å². The Bertz CT molecular complexity index is 242. The predicted octanol–water partition coefficient (Wildman–Crippen LogP) is 3.98. The summed E-state index contributed by atoms with van der Waals surface area (Å²) in [6, 6.07) is 0. The fraction of sp³-hybridized carbons (Fsp3) is 0.714. The van der Waals surface area contributed by atoms with E-state index >= 15 is 0 Å². The average Bonchev–Trinajstić information content (AvgIpc) is 2.72. The molecule has 0 saturated carbocycles. The highest BCUT2D eigenvalue weighted by Crippen LogP contribution is 2.42. The van der Waals surface area contributed by atoms with Crippen molar-refractivity contribution in [3.8, 4) is 0 Å². The number of rotatable bonds is 5. The summed E-state index contributed by atoms with van der Waals surface area (Å²) in [4.78, 5) is 2.46. The van der Waals surface area contributed by atoms with E-state index in [1.165, 1.54) is 37.2 Å². The molecule has 0 radical (unpaired) electrons. The quantitative estimate of drug-likeness (QED) is 0.616. The lowest BCUT2D eigenvalue weighted by atomic mass is 9.74. The van der Waals surface area contributed by atoms with Crippen LogP contribution in [0.15, 0.2) is 24.4 Å². The zero-order valence-electron chi connectivity index (χ0n) is 10.6. The summed E-state index contributed by atoms with van der Waals surface area (Å²) in [6.45, 7) is 17.5. The molecule has 0 spiro atoms. The minimum atomic E-state index is 0.143. The van der Waals surface area contributed by atoms with Crippen molar-refractivity contribution in [1.29, 1.82) is 0 Å². The second-order valence-electron chi connectivity index (χ2n) is 4.71.